The molecule has 1 fully saturated rings. The number of aliphatic carboxylic acids is 1. The number of thiol groups is 1. The Bertz CT molecular complexity index is 1850. The van der Waals surface area contributed by atoms with E-state index in [2.05, 4.69) is 49.8 Å². The first-order valence-electron chi connectivity index (χ1n) is 21.8. The molecule has 0 aliphatic carbocycles. The molecule has 0 bridgehead atoms. The Hall–Kier alpha value is -5.77. The molecule has 0 spiro atoms. The van der Waals surface area contributed by atoms with Crippen molar-refractivity contribution in [2.45, 2.75) is 148 Å². The molecule has 9 atom stereocenters. The maximum atomic E-state index is 13.9. The van der Waals surface area contributed by atoms with E-state index < -0.39 is 114 Å². The summed E-state index contributed by atoms with van der Waals surface area (Å²) in [7, 11) is 0. The van der Waals surface area contributed by atoms with Gasteiger partial charge in [0.1, 0.15) is 48.3 Å². The molecule has 2 rings (SSSR count). The van der Waals surface area contributed by atoms with Gasteiger partial charge in [-0.1, -0.05) is 58.0 Å². The summed E-state index contributed by atoms with van der Waals surface area (Å²) in [6.45, 7) is 11.6. The van der Waals surface area contributed by atoms with Gasteiger partial charge in [0.2, 0.25) is 53.2 Å². The van der Waals surface area contributed by atoms with Crippen LogP contribution < -0.4 is 48.7 Å². The number of amides is 9. The van der Waals surface area contributed by atoms with Crippen molar-refractivity contribution < 1.29 is 53.1 Å². The van der Waals surface area contributed by atoms with Crippen LogP contribution in [0.2, 0.25) is 0 Å². The minimum atomic E-state index is -1.27. The molecule has 65 heavy (non-hydrogen) atoms. The van der Waals surface area contributed by atoms with Crippen LogP contribution in [0, 0.1) is 11.8 Å². The van der Waals surface area contributed by atoms with E-state index in [-0.39, 0.29) is 62.7 Å². The number of hydrogen-bond donors (Lipinski definition) is 11. The molecule has 1 aliphatic heterocycles. The van der Waals surface area contributed by atoms with Crippen molar-refractivity contribution in [3.63, 3.8) is 0 Å². The summed E-state index contributed by atoms with van der Waals surface area (Å²) >= 11 is 4.31. The van der Waals surface area contributed by atoms with E-state index in [1.165, 1.54) is 25.7 Å². The van der Waals surface area contributed by atoms with Crippen molar-refractivity contribution in [3.05, 3.63) is 35.9 Å². The summed E-state index contributed by atoms with van der Waals surface area (Å²) in [6, 6.07) is -1.71. The number of nitrogens with two attached hydrogens (primary N) is 2. The van der Waals surface area contributed by atoms with Gasteiger partial charge in [0, 0.05) is 25.1 Å². The standard InChI is InChI=1S/C43H68N10O11S/c1-22(2)18-29(50-38(58)28(44)15-16-34(45)54)39(59)47-24(5)35(55)46-25(6)36(56)49-30(20-27-12-9-8-10-13-27)40(60)52-32(21-65)42(62)53-17-11-14-33(53)41(61)48-26(7)37(57)51-31(43(63)64)19-23(3)4/h8-10,12-13,22-26,28-33,65H,11,14-21,44H2,1-7H3,(H2,45,54)(H,46,55)(H,47,59)(H,48,61)(H,49,56)(H,50,58)(H,51,57)(H,52,60)(H,63,64)/t24-,25-,26-,28-,29-,30-,31-,32-,33-/m0/s1. The zero-order valence-corrected chi connectivity index (χ0v) is 39.1. The molecule has 0 unspecified atom stereocenters. The minimum absolute atomic E-state index is 0.0223. The monoisotopic (exact) mass is 932 g/mol. The van der Waals surface area contributed by atoms with Gasteiger partial charge < -0.3 is 58.7 Å². The number of carbonyl (C=O) groups excluding carboxylic acids is 9. The predicted octanol–water partition coefficient (Wildman–Crippen LogP) is -1.63. The SMILES string of the molecule is CC(C)C[C@H](NC(=O)[C@H](C)NC(=O)[C@@H]1CCCN1C(=O)[C@H](CS)NC(=O)[C@H](Cc1ccccc1)NC(=O)[C@H](C)NC(=O)[C@H](C)NC(=O)[C@H](CC(C)C)NC(=O)[C@@H](N)CCC(N)=O)C(=O)O. The van der Waals surface area contributed by atoms with Crippen LogP contribution >= 0.6 is 12.6 Å². The number of carbonyl (C=O) groups is 10. The zero-order valence-electron chi connectivity index (χ0n) is 38.2. The van der Waals surface area contributed by atoms with E-state index in [1.54, 1.807) is 30.3 Å². The van der Waals surface area contributed by atoms with Crippen LogP contribution in [0.5, 0.6) is 0 Å². The fourth-order valence-corrected chi connectivity index (χ4v) is 7.12. The van der Waals surface area contributed by atoms with Gasteiger partial charge in [0.15, 0.2) is 0 Å². The molecule has 1 aromatic carbocycles. The zero-order chi connectivity index (χ0) is 49.1. The van der Waals surface area contributed by atoms with E-state index in [1.807, 2.05) is 27.7 Å². The fraction of sp³-hybridized carbons (Fsp3) is 0.628. The van der Waals surface area contributed by atoms with E-state index in [0.717, 1.165) is 0 Å². The van der Waals surface area contributed by atoms with Crippen LogP contribution in [0.25, 0.3) is 0 Å². The van der Waals surface area contributed by atoms with Gasteiger partial charge in [-0.05, 0) is 70.3 Å². The van der Waals surface area contributed by atoms with Crippen molar-refractivity contribution in [1.82, 2.24) is 42.1 Å². The Morgan fingerprint density at radius 2 is 1.14 bits per heavy atom. The summed E-state index contributed by atoms with van der Waals surface area (Å²) < 4.78 is 0. The third-order valence-electron chi connectivity index (χ3n) is 10.5. The van der Waals surface area contributed by atoms with Crippen molar-refractivity contribution in [1.29, 1.82) is 0 Å². The molecule has 1 aliphatic rings. The molecule has 1 saturated heterocycles. The number of primary amides is 1. The normalized spacial score (nSPS) is 17.2. The molecule has 0 radical (unpaired) electrons. The van der Waals surface area contributed by atoms with Gasteiger partial charge in [-0.2, -0.15) is 12.6 Å². The third-order valence-corrected chi connectivity index (χ3v) is 10.9. The maximum absolute atomic E-state index is 13.9. The van der Waals surface area contributed by atoms with E-state index >= 15 is 0 Å². The molecule has 9 amide bonds. The molecule has 22 heteroatoms. The van der Waals surface area contributed by atoms with Gasteiger partial charge in [-0.25, -0.2) is 4.79 Å². The second-order valence-corrected chi connectivity index (χ2v) is 17.6. The lowest BCUT2D eigenvalue weighted by molar-refractivity contribution is -0.143. The highest BCUT2D eigenvalue weighted by atomic mass is 32.1. The van der Waals surface area contributed by atoms with E-state index in [4.69, 9.17) is 11.5 Å². The molecular weight excluding hydrogens is 865 g/mol. The lowest BCUT2D eigenvalue weighted by Crippen LogP contribution is -2.60. The quantitative estimate of drug-likeness (QED) is 0.0467. The van der Waals surface area contributed by atoms with Gasteiger partial charge in [-0.3, -0.25) is 43.2 Å². The average molecular weight is 933 g/mol. The lowest BCUT2D eigenvalue weighted by Gasteiger charge is -2.30. The van der Waals surface area contributed by atoms with Crippen molar-refractivity contribution >= 4 is 71.8 Å². The van der Waals surface area contributed by atoms with E-state index in [0.29, 0.717) is 12.0 Å². The summed E-state index contributed by atoms with van der Waals surface area (Å²) in [4.78, 5) is 131. The molecular formula is C43H68N10O11S. The molecule has 12 N–H and O–H groups in total. The molecule has 0 aromatic heterocycles. The van der Waals surface area contributed by atoms with Crippen molar-refractivity contribution in [2.24, 2.45) is 23.3 Å². The second-order valence-electron chi connectivity index (χ2n) is 17.2. The first-order valence-corrected chi connectivity index (χ1v) is 22.4. The van der Waals surface area contributed by atoms with Crippen LogP contribution in [0.1, 0.15) is 92.6 Å². The van der Waals surface area contributed by atoms with Crippen LogP contribution in [-0.2, 0) is 54.4 Å². The number of hydrogen-bond acceptors (Lipinski definition) is 12. The van der Waals surface area contributed by atoms with Crippen molar-refractivity contribution in [2.75, 3.05) is 12.3 Å². The molecule has 1 aromatic rings. The minimum Gasteiger partial charge on any atom is -0.480 e. The highest BCUT2D eigenvalue weighted by Gasteiger charge is 2.39. The number of nitrogens with zero attached hydrogens (tertiary/aromatic N) is 1. The largest absolute Gasteiger partial charge is 0.480 e. The summed E-state index contributed by atoms with van der Waals surface area (Å²) in [5.41, 5.74) is 11.7. The van der Waals surface area contributed by atoms with Crippen LogP contribution in [0.15, 0.2) is 30.3 Å². The Labute approximate surface area is 385 Å². The number of carboxylic acids is 1. The fourth-order valence-electron chi connectivity index (χ4n) is 6.88. The highest BCUT2D eigenvalue weighted by Crippen LogP contribution is 2.20. The molecule has 362 valence electrons. The Balaban J connectivity index is 2.14. The Morgan fingerprint density at radius 1 is 0.662 bits per heavy atom. The van der Waals surface area contributed by atoms with Crippen LogP contribution in [-0.4, -0.2) is 136 Å². The topological polar surface area (TPSA) is 330 Å². The maximum Gasteiger partial charge on any atom is 0.326 e. The highest BCUT2D eigenvalue weighted by molar-refractivity contribution is 7.80. The summed E-state index contributed by atoms with van der Waals surface area (Å²) in [5, 5.41) is 27.4. The van der Waals surface area contributed by atoms with Gasteiger partial charge in [0.05, 0.1) is 6.04 Å². The molecule has 21 nitrogen and oxygen atoms in total. The number of benzene rings is 1. The van der Waals surface area contributed by atoms with Crippen LogP contribution in [0.3, 0.4) is 0 Å². The smallest absolute Gasteiger partial charge is 0.326 e. The summed E-state index contributed by atoms with van der Waals surface area (Å²) in [5.74, 6) is -7.75. The van der Waals surface area contributed by atoms with Crippen LogP contribution in [0.4, 0.5) is 0 Å². The van der Waals surface area contributed by atoms with Gasteiger partial charge >= 0.3 is 5.97 Å². The molecule has 1 heterocycles. The summed E-state index contributed by atoms with van der Waals surface area (Å²) in [6.07, 6.45) is 0.891. The van der Waals surface area contributed by atoms with Gasteiger partial charge in [0.25, 0.3) is 0 Å². The number of carboxylic acid groups (broad SMARTS) is 1. The first kappa shape index (κ1) is 55.4. The molecule has 0 saturated carbocycles. The second kappa shape index (κ2) is 26.9. The lowest BCUT2D eigenvalue weighted by atomic mass is 10.0. The number of nitrogens with one attached hydrogen (secondary N) is 7. The van der Waals surface area contributed by atoms with E-state index in [9.17, 15) is 53.1 Å². The van der Waals surface area contributed by atoms with Crippen molar-refractivity contribution in [3.8, 4) is 0 Å². The third kappa shape index (κ3) is 18.7. The van der Waals surface area contributed by atoms with Gasteiger partial charge in [-0.15, -0.1) is 0 Å². The number of likely N-dealkylation sites (tertiary alicyclic amines) is 1. The predicted molar refractivity (Wildman–Crippen MR) is 242 cm³/mol. The Kier molecular flexibility index (Phi) is 22.9. The average Bonchev–Trinajstić information content (AvgIpc) is 3.74. The first-order chi connectivity index (χ1) is 30.4. The Morgan fingerprint density at radius 3 is 1.68 bits per heavy atom. The number of rotatable bonds is 26.